The van der Waals surface area contributed by atoms with Gasteiger partial charge in [0.2, 0.25) is 0 Å². The van der Waals surface area contributed by atoms with Crippen LogP contribution in [-0.4, -0.2) is 26.2 Å². The summed E-state index contributed by atoms with van der Waals surface area (Å²) in [6.07, 6.45) is -0.566. The van der Waals surface area contributed by atoms with Gasteiger partial charge in [-0.05, 0) is 62.7 Å². The number of benzene rings is 2. The van der Waals surface area contributed by atoms with Crippen LogP contribution in [0.2, 0.25) is 5.15 Å². The van der Waals surface area contributed by atoms with Crippen molar-refractivity contribution in [1.82, 2.24) is 14.5 Å². The molecule has 0 N–H and O–H groups in total. The molecule has 2 aromatic carbocycles. The lowest BCUT2D eigenvalue weighted by Gasteiger charge is -2.20. The zero-order valence-electron chi connectivity index (χ0n) is 17.5. The molecule has 4 aromatic rings. The molecule has 0 bridgehead atoms. The molecule has 31 heavy (non-hydrogen) atoms. The summed E-state index contributed by atoms with van der Waals surface area (Å²) in [5.74, 6) is 1.14. The Morgan fingerprint density at radius 3 is 2.35 bits per heavy atom. The number of carbonyl (C=O) groups is 1. The lowest BCUT2D eigenvalue weighted by atomic mass is 10.2. The smallest absolute Gasteiger partial charge is 0.422 e. The lowest BCUT2D eigenvalue weighted by Crippen LogP contribution is -2.27. The van der Waals surface area contributed by atoms with E-state index in [1.807, 2.05) is 75.4 Å². The zero-order valence-corrected chi connectivity index (χ0v) is 18.3. The minimum absolute atomic E-state index is 0.272. The molecule has 0 spiro atoms. The number of hydrogen-bond donors (Lipinski definition) is 0. The average Bonchev–Trinajstić information content (AvgIpc) is 3.11. The monoisotopic (exact) mass is 435 g/mol. The first kappa shape index (κ1) is 20.9. The van der Waals surface area contributed by atoms with Gasteiger partial charge in [0.05, 0.1) is 0 Å². The first-order valence-corrected chi connectivity index (χ1v) is 10.2. The minimum atomic E-state index is -0.668. The Hall–Kier alpha value is -3.38. The van der Waals surface area contributed by atoms with E-state index in [0.29, 0.717) is 29.3 Å². The maximum absolute atomic E-state index is 13.0. The SMILES string of the molecule is CC(C)(C)OC(=O)n1c(-c2ccc(OCc3ccccc3)cc2)nc2ccc(Cl)nc21. The van der Waals surface area contributed by atoms with E-state index >= 15 is 0 Å². The number of ether oxygens (including phenoxy) is 2. The first-order valence-electron chi connectivity index (χ1n) is 9.86. The molecule has 0 fully saturated rings. The number of halogens is 1. The van der Waals surface area contributed by atoms with Crippen LogP contribution in [0.5, 0.6) is 5.75 Å². The zero-order chi connectivity index (χ0) is 22.0. The Kier molecular flexibility index (Phi) is 5.65. The molecule has 4 rings (SSSR count). The van der Waals surface area contributed by atoms with Crippen molar-refractivity contribution in [2.75, 3.05) is 0 Å². The molecule has 0 amide bonds. The highest BCUT2D eigenvalue weighted by Gasteiger charge is 2.25. The van der Waals surface area contributed by atoms with Crippen LogP contribution in [0.25, 0.3) is 22.6 Å². The number of rotatable bonds is 4. The number of hydrogen-bond acceptors (Lipinski definition) is 5. The molecule has 0 aliphatic heterocycles. The number of imidazole rings is 1. The standard InChI is InChI=1S/C24H22ClN3O3/c1-24(2,3)31-23(29)28-21(26-19-13-14-20(25)27-22(19)28)17-9-11-18(12-10-17)30-15-16-7-5-4-6-8-16/h4-14H,15H2,1-3H3. The van der Waals surface area contributed by atoms with Crippen molar-refractivity contribution < 1.29 is 14.3 Å². The lowest BCUT2D eigenvalue weighted by molar-refractivity contribution is 0.0545. The van der Waals surface area contributed by atoms with Crippen LogP contribution in [0.1, 0.15) is 26.3 Å². The summed E-state index contributed by atoms with van der Waals surface area (Å²) in [6.45, 7) is 5.90. The summed E-state index contributed by atoms with van der Waals surface area (Å²) in [5.41, 5.74) is 2.04. The van der Waals surface area contributed by atoms with Gasteiger partial charge in [-0.2, -0.15) is 0 Å². The van der Waals surface area contributed by atoms with Crippen molar-refractivity contribution in [1.29, 1.82) is 0 Å². The van der Waals surface area contributed by atoms with Gasteiger partial charge in [-0.3, -0.25) is 0 Å². The maximum Gasteiger partial charge on any atom is 0.422 e. The van der Waals surface area contributed by atoms with Crippen molar-refractivity contribution in [3.8, 4) is 17.1 Å². The molecule has 2 aromatic heterocycles. The second kappa shape index (κ2) is 8.40. The maximum atomic E-state index is 13.0. The van der Waals surface area contributed by atoms with Gasteiger partial charge < -0.3 is 9.47 Å². The molecule has 0 saturated heterocycles. The third-order valence-corrected chi connectivity index (χ3v) is 4.62. The summed E-state index contributed by atoms with van der Waals surface area (Å²) in [7, 11) is 0. The van der Waals surface area contributed by atoms with E-state index in [-0.39, 0.29) is 5.15 Å². The Labute approximate surface area is 185 Å². The Morgan fingerprint density at radius 1 is 0.968 bits per heavy atom. The molecule has 0 aliphatic rings. The van der Waals surface area contributed by atoms with Gasteiger partial charge in [0.15, 0.2) is 11.5 Å². The fraction of sp³-hybridized carbons (Fsp3) is 0.208. The van der Waals surface area contributed by atoms with Gasteiger partial charge in [0, 0.05) is 5.56 Å². The average molecular weight is 436 g/mol. The van der Waals surface area contributed by atoms with Crippen molar-refractivity contribution in [3.63, 3.8) is 0 Å². The van der Waals surface area contributed by atoms with Crippen LogP contribution in [-0.2, 0) is 11.3 Å². The Bertz CT molecular complexity index is 1210. The van der Waals surface area contributed by atoms with Crippen LogP contribution in [0.4, 0.5) is 4.79 Å². The molecule has 0 saturated carbocycles. The first-order chi connectivity index (χ1) is 14.8. The van der Waals surface area contributed by atoms with E-state index in [0.717, 1.165) is 11.1 Å². The molecular weight excluding hydrogens is 414 g/mol. The van der Waals surface area contributed by atoms with Crippen molar-refractivity contribution in [3.05, 3.63) is 77.4 Å². The predicted octanol–water partition coefficient (Wildman–Crippen LogP) is 6.11. The van der Waals surface area contributed by atoms with E-state index in [1.54, 1.807) is 12.1 Å². The van der Waals surface area contributed by atoms with E-state index in [2.05, 4.69) is 9.97 Å². The Balaban J connectivity index is 1.66. The fourth-order valence-corrected chi connectivity index (χ4v) is 3.19. The normalized spacial score (nSPS) is 11.5. The summed E-state index contributed by atoms with van der Waals surface area (Å²) < 4.78 is 12.8. The van der Waals surface area contributed by atoms with Gasteiger partial charge in [-0.15, -0.1) is 0 Å². The third kappa shape index (κ3) is 4.86. The van der Waals surface area contributed by atoms with Crippen molar-refractivity contribution in [2.24, 2.45) is 0 Å². The number of nitrogens with zero attached hydrogens (tertiary/aromatic N) is 3. The Morgan fingerprint density at radius 2 is 1.68 bits per heavy atom. The molecule has 158 valence electrons. The van der Waals surface area contributed by atoms with E-state index in [1.165, 1.54) is 4.57 Å². The van der Waals surface area contributed by atoms with Crippen LogP contribution >= 0.6 is 11.6 Å². The molecule has 6 nitrogen and oxygen atoms in total. The largest absolute Gasteiger partial charge is 0.489 e. The molecule has 0 radical (unpaired) electrons. The predicted molar refractivity (Wildman–Crippen MR) is 120 cm³/mol. The number of pyridine rings is 1. The van der Waals surface area contributed by atoms with Crippen molar-refractivity contribution >= 4 is 28.9 Å². The van der Waals surface area contributed by atoms with E-state index in [4.69, 9.17) is 21.1 Å². The number of carbonyl (C=O) groups excluding carboxylic acids is 1. The second-order valence-corrected chi connectivity index (χ2v) is 8.41. The molecule has 0 unspecified atom stereocenters. The summed E-state index contributed by atoms with van der Waals surface area (Å²) in [6, 6.07) is 20.7. The molecule has 2 heterocycles. The van der Waals surface area contributed by atoms with E-state index in [9.17, 15) is 4.79 Å². The third-order valence-electron chi connectivity index (χ3n) is 4.41. The van der Waals surface area contributed by atoms with Gasteiger partial charge in [0.25, 0.3) is 0 Å². The van der Waals surface area contributed by atoms with Gasteiger partial charge >= 0.3 is 6.09 Å². The van der Waals surface area contributed by atoms with Crippen molar-refractivity contribution in [2.45, 2.75) is 33.0 Å². The highest BCUT2D eigenvalue weighted by Crippen LogP contribution is 2.28. The van der Waals surface area contributed by atoms with Gasteiger partial charge in [-0.1, -0.05) is 41.9 Å². The highest BCUT2D eigenvalue weighted by atomic mass is 35.5. The van der Waals surface area contributed by atoms with Crippen LogP contribution in [0, 0.1) is 0 Å². The second-order valence-electron chi connectivity index (χ2n) is 8.03. The number of fused-ring (bicyclic) bond motifs is 1. The number of aromatic nitrogens is 3. The van der Waals surface area contributed by atoms with Crippen LogP contribution < -0.4 is 4.74 Å². The van der Waals surface area contributed by atoms with E-state index < -0.39 is 11.7 Å². The van der Waals surface area contributed by atoms with Crippen LogP contribution in [0.3, 0.4) is 0 Å². The summed E-state index contributed by atoms with van der Waals surface area (Å²) >= 11 is 6.07. The topological polar surface area (TPSA) is 66.2 Å². The molecule has 0 atom stereocenters. The minimum Gasteiger partial charge on any atom is -0.489 e. The molecule has 7 heteroatoms. The quantitative estimate of drug-likeness (QED) is 0.361. The van der Waals surface area contributed by atoms with Crippen LogP contribution in [0.15, 0.2) is 66.7 Å². The summed E-state index contributed by atoms with van der Waals surface area (Å²) in [4.78, 5) is 21.9. The highest BCUT2D eigenvalue weighted by molar-refractivity contribution is 6.29. The van der Waals surface area contributed by atoms with Gasteiger partial charge in [-0.25, -0.2) is 19.3 Å². The van der Waals surface area contributed by atoms with Gasteiger partial charge in [0.1, 0.15) is 28.6 Å². The molecular formula is C24H22ClN3O3. The fourth-order valence-electron chi connectivity index (χ4n) is 3.05. The summed E-state index contributed by atoms with van der Waals surface area (Å²) in [5, 5.41) is 0.272. The molecule has 0 aliphatic carbocycles.